The van der Waals surface area contributed by atoms with Gasteiger partial charge in [0.25, 0.3) is 0 Å². The van der Waals surface area contributed by atoms with E-state index in [0.717, 1.165) is 5.56 Å². The number of nitrogens with zero attached hydrogens (tertiary/aromatic N) is 2. The first-order valence-electron chi connectivity index (χ1n) is 7.86. The minimum absolute atomic E-state index is 0.161. The van der Waals surface area contributed by atoms with Crippen LogP contribution in [0.2, 0.25) is 0 Å². The van der Waals surface area contributed by atoms with E-state index in [1.807, 2.05) is 36.4 Å². The van der Waals surface area contributed by atoms with Crippen molar-refractivity contribution in [2.45, 2.75) is 6.61 Å². The summed E-state index contributed by atoms with van der Waals surface area (Å²) >= 11 is 0. The summed E-state index contributed by atoms with van der Waals surface area (Å²) in [6.07, 6.45) is 0.923. The first kappa shape index (κ1) is 17.0. The van der Waals surface area contributed by atoms with Crippen molar-refractivity contribution in [3.63, 3.8) is 0 Å². The molecule has 2 aromatic carbocycles. The molecular weight excluding hydrogens is 330 g/mol. The molecule has 1 N–H and O–H groups in total. The van der Waals surface area contributed by atoms with Crippen molar-refractivity contribution in [3.05, 3.63) is 84.1 Å². The molecule has 3 aromatic rings. The van der Waals surface area contributed by atoms with Crippen molar-refractivity contribution in [1.82, 2.24) is 4.98 Å². The molecule has 1 amide bonds. The van der Waals surface area contributed by atoms with E-state index < -0.39 is 6.09 Å². The van der Waals surface area contributed by atoms with Gasteiger partial charge in [0.1, 0.15) is 18.2 Å². The Kier molecular flexibility index (Phi) is 5.43. The minimum atomic E-state index is -0.605. The Bertz CT molecular complexity index is 936. The third-order valence-corrected chi connectivity index (χ3v) is 3.43. The number of benzene rings is 2. The number of carbonyl (C=O) groups is 1. The Labute approximate surface area is 150 Å². The number of aromatic nitrogens is 1. The monoisotopic (exact) mass is 345 g/mol. The smallest absolute Gasteiger partial charge is 0.412 e. The standard InChI is InChI=1S/C20H15N3O3/c21-13-16-9-6-12-22-19(16)26-18-11-5-4-10-17(18)23-20(24)25-14-15-7-2-1-3-8-15/h1-12H,14H2,(H,23,24). The Morgan fingerprint density at radius 3 is 2.62 bits per heavy atom. The van der Waals surface area contributed by atoms with Crippen molar-refractivity contribution in [2.75, 3.05) is 5.32 Å². The van der Waals surface area contributed by atoms with Gasteiger partial charge in [0.15, 0.2) is 5.75 Å². The van der Waals surface area contributed by atoms with Gasteiger partial charge in [-0.1, -0.05) is 42.5 Å². The molecule has 0 saturated heterocycles. The Morgan fingerprint density at radius 1 is 1.04 bits per heavy atom. The number of rotatable bonds is 5. The van der Waals surface area contributed by atoms with Crippen molar-refractivity contribution >= 4 is 11.8 Å². The maximum atomic E-state index is 12.1. The molecule has 6 nitrogen and oxygen atoms in total. The normalized spacial score (nSPS) is 9.81. The molecule has 1 heterocycles. The van der Waals surface area contributed by atoms with Crippen LogP contribution in [0.5, 0.6) is 11.6 Å². The van der Waals surface area contributed by atoms with Gasteiger partial charge in [0.2, 0.25) is 5.88 Å². The van der Waals surface area contributed by atoms with Gasteiger partial charge in [0, 0.05) is 6.20 Å². The number of hydrogen-bond acceptors (Lipinski definition) is 5. The zero-order valence-electron chi connectivity index (χ0n) is 13.8. The van der Waals surface area contributed by atoms with Crippen LogP contribution in [-0.2, 0) is 11.3 Å². The molecule has 0 aliphatic rings. The molecule has 0 unspecified atom stereocenters. The summed E-state index contributed by atoms with van der Waals surface area (Å²) in [5.41, 5.74) is 1.60. The highest BCUT2D eigenvalue weighted by Crippen LogP contribution is 2.29. The molecule has 0 bridgehead atoms. The van der Waals surface area contributed by atoms with Crippen molar-refractivity contribution in [1.29, 1.82) is 5.26 Å². The summed E-state index contributed by atoms with van der Waals surface area (Å²) in [6.45, 7) is 0.161. The molecule has 6 heteroatoms. The van der Waals surface area contributed by atoms with E-state index in [-0.39, 0.29) is 12.5 Å². The predicted octanol–water partition coefficient (Wildman–Crippen LogP) is 4.49. The molecule has 1 aromatic heterocycles. The molecule has 0 aliphatic carbocycles. The Balaban J connectivity index is 1.69. The maximum Gasteiger partial charge on any atom is 0.412 e. The van der Waals surface area contributed by atoms with Crippen LogP contribution in [0, 0.1) is 11.3 Å². The highest BCUT2D eigenvalue weighted by molar-refractivity contribution is 5.86. The second-order valence-corrected chi connectivity index (χ2v) is 5.25. The van der Waals surface area contributed by atoms with Crippen molar-refractivity contribution in [3.8, 4) is 17.7 Å². The summed E-state index contributed by atoms with van der Waals surface area (Å²) in [6, 6.07) is 21.5. The first-order valence-corrected chi connectivity index (χ1v) is 7.86. The van der Waals surface area contributed by atoms with Gasteiger partial charge >= 0.3 is 6.09 Å². The molecule has 0 fully saturated rings. The van der Waals surface area contributed by atoms with Crippen LogP contribution in [-0.4, -0.2) is 11.1 Å². The number of nitrogens with one attached hydrogen (secondary N) is 1. The lowest BCUT2D eigenvalue weighted by Gasteiger charge is -2.12. The van der Waals surface area contributed by atoms with Crippen molar-refractivity contribution in [2.24, 2.45) is 0 Å². The van der Waals surface area contributed by atoms with Gasteiger partial charge in [-0.2, -0.15) is 5.26 Å². The summed E-state index contributed by atoms with van der Waals surface area (Å²) < 4.78 is 10.9. The summed E-state index contributed by atoms with van der Waals surface area (Å²) in [5, 5.41) is 11.8. The van der Waals surface area contributed by atoms with Gasteiger partial charge in [-0.05, 0) is 29.8 Å². The van der Waals surface area contributed by atoms with E-state index in [1.165, 1.54) is 6.20 Å². The van der Waals surface area contributed by atoms with E-state index in [4.69, 9.17) is 14.7 Å². The zero-order valence-corrected chi connectivity index (χ0v) is 13.8. The topological polar surface area (TPSA) is 84.2 Å². The van der Waals surface area contributed by atoms with E-state index in [0.29, 0.717) is 17.0 Å². The van der Waals surface area contributed by atoms with Gasteiger partial charge in [-0.3, -0.25) is 5.32 Å². The van der Waals surface area contributed by atoms with Crippen LogP contribution in [0.25, 0.3) is 0 Å². The van der Waals surface area contributed by atoms with Gasteiger partial charge in [0.05, 0.1) is 5.69 Å². The van der Waals surface area contributed by atoms with Crippen LogP contribution in [0.4, 0.5) is 10.5 Å². The van der Waals surface area contributed by atoms with Crippen LogP contribution in [0.15, 0.2) is 72.9 Å². The Hall–Kier alpha value is -3.85. The van der Waals surface area contributed by atoms with Gasteiger partial charge in [-0.15, -0.1) is 0 Å². The second-order valence-electron chi connectivity index (χ2n) is 5.25. The quantitative estimate of drug-likeness (QED) is 0.736. The van der Waals surface area contributed by atoms with E-state index in [9.17, 15) is 4.79 Å². The average molecular weight is 345 g/mol. The first-order chi connectivity index (χ1) is 12.8. The fourth-order valence-corrected chi connectivity index (χ4v) is 2.19. The molecule has 0 spiro atoms. The van der Waals surface area contributed by atoms with Gasteiger partial charge in [-0.25, -0.2) is 9.78 Å². The molecule has 0 aliphatic heterocycles. The van der Waals surface area contributed by atoms with Crippen LogP contribution >= 0.6 is 0 Å². The summed E-state index contributed by atoms with van der Waals surface area (Å²) in [4.78, 5) is 16.1. The molecule has 128 valence electrons. The molecular formula is C20H15N3O3. The third kappa shape index (κ3) is 4.36. The van der Waals surface area contributed by atoms with Crippen LogP contribution in [0.1, 0.15) is 11.1 Å². The highest BCUT2D eigenvalue weighted by atomic mass is 16.5. The highest BCUT2D eigenvalue weighted by Gasteiger charge is 2.12. The summed E-state index contributed by atoms with van der Waals surface area (Å²) in [5.74, 6) is 0.529. The summed E-state index contributed by atoms with van der Waals surface area (Å²) in [7, 11) is 0. The third-order valence-electron chi connectivity index (χ3n) is 3.43. The number of pyridine rings is 1. The SMILES string of the molecule is N#Cc1cccnc1Oc1ccccc1NC(=O)OCc1ccccc1. The maximum absolute atomic E-state index is 12.1. The molecule has 3 rings (SSSR count). The number of amides is 1. The molecule has 0 atom stereocenters. The molecule has 26 heavy (non-hydrogen) atoms. The number of anilines is 1. The van der Waals surface area contributed by atoms with E-state index in [1.54, 1.807) is 36.4 Å². The van der Waals surface area contributed by atoms with Gasteiger partial charge < -0.3 is 9.47 Å². The average Bonchev–Trinajstić information content (AvgIpc) is 2.69. The fourth-order valence-electron chi connectivity index (χ4n) is 2.19. The number of hydrogen-bond donors (Lipinski definition) is 1. The zero-order chi connectivity index (χ0) is 18.2. The van der Waals surface area contributed by atoms with Crippen LogP contribution < -0.4 is 10.1 Å². The van der Waals surface area contributed by atoms with E-state index in [2.05, 4.69) is 10.3 Å². The predicted molar refractivity (Wildman–Crippen MR) is 95.7 cm³/mol. The van der Waals surface area contributed by atoms with Crippen LogP contribution in [0.3, 0.4) is 0 Å². The number of nitriles is 1. The lowest BCUT2D eigenvalue weighted by Crippen LogP contribution is -2.14. The number of para-hydroxylation sites is 2. The second kappa shape index (κ2) is 8.31. The molecule has 0 saturated carbocycles. The molecule has 0 radical (unpaired) electrons. The fraction of sp³-hybridized carbons (Fsp3) is 0.0500. The number of ether oxygens (including phenoxy) is 2. The minimum Gasteiger partial charge on any atom is -0.444 e. The van der Waals surface area contributed by atoms with Crippen molar-refractivity contribution < 1.29 is 14.3 Å². The lowest BCUT2D eigenvalue weighted by atomic mass is 10.2. The number of carbonyl (C=O) groups excluding carboxylic acids is 1. The Morgan fingerprint density at radius 2 is 1.81 bits per heavy atom. The largest absolute Gasteiger partial charge is 0.444 e. The lowest BCUT2D eigenvalue weighted by molar-refractivity contribution is 0.155. The van der Waals surface area contributed by atoms with E-state index >= 15 is 0 Å².